The van der Waals surface area contributed by atoms with Gasteiger partial charge in [0.15, 0.2) is 0 Å². The lowest BCUT2D eigenvalue weighted by Gasteiger charge is -2.30. The Bertz CT molecular complexity index is 609. The Morgan fingerprint density at radius 2 is 1.84 bits per heavy atom. The van der Waals surface area contributed by atoms with Crippen LogP contribution in [0.2, 0.25) is 0 Å². The summed E-state index contributed by atoms with van der Waals surface area (Å²) in [6.45, 7) is 3.35. The second-order valence-corrected chi connectivity index (χ2v) is 7.06. The predicted molar refractivity (Wildman–Crippen MR) is 102 cm³/mol. The number of urea groups is 1. The Morgan fingerprint density at radius 1 is 1.16 bits per heavy atom. The van der Waals surface area contributed by atoms with Crippen molar-refractivity contribution in [1.82, 2.24) is 10.2 Å². The fraction of sp³-hybridized carbons (Fsp3) is 0.579. The van der Waals surface area contributed by atoms with Crippen LogP contribution < -0.4 is 15.5 Å². The van der Waals surface area contributed by atoms with Gasteiger partial charge in [0.25, 0.3) is 0 Å². The van der Waals surface area contributed by atoms with Crippen LogP contribution in [0.25, 0.3) is 0 Å². The van der Waals surface area contributed by atoms with Crippen molar-refractivity contribution in [2.75, 3.05) is 44.4 Å². The van der Waals surface area contributed by atoms with E-state index in [9.17, 15) is 9.59 Å². The molecule has 2 N–H and O–H groups in total. The topological polar surface area (TPSA) is 64.7 Å². The molecule has 1 aromatic rings. The van der Waals surface area contributed by atoms with E-state index in [0.717, 1.165) is 43.6 Å². The van der Waals surface area contributed by atoms with Gasteiger partial charge in [0.2, 0.25) is 5.91 Å². The molecule has 0 aliphatic heterocycles. The maximum atomic E-state index is 12.5. The molecule has 3 amide bonds. The molecule has 2 rings (SSSR count). The highest BCUT2D eigenvalue weighted by Gasteiger charge is 2.42. The summed E-state index contributed by atoms with van der Waals surface area (Å²) in [5.74, 6) is 0.108. The first kappa shape index (κ1) is 19.1. The van der Waals surface area contributed by atoms with Gasteiger partial charge in [0.05, 0.1) is 5.41 Å². The molecule has 0 aromatic heterocycles. The summed E-state index contributed by atoms with van der Waals surface area (Å²) in [6, 6.07) is 7.47. The molecule has 0 atom stereocenters. The molecule has 0 unspecified atom stereocenters. The van der Waals surface area contributed by atoms with Crippen LogP contribution in [-0.2, 0) is 4.79 Å². The van der Waals surface area contributed by atoms with Crippen LogP contribution in [0.15, 0.2) is 24.3 Å². The second kappa shape index (κ2) is 8.23. The van der Waals surface area contributed by atoms with E-state index in [-0.39, 0.29) is 11.9 Å². The minimum Gasteiger partial charge on any atom is -0.375 e. The maximum absolute atomic E-state index is 12.5. The minimum atomic E-state index is -0.453. The molecule has 1 aliphatic carbocycles. The van der Waals surface area contributed by atoms with E-state index in [2.05, 4.69) is 22.5 Å². The summed E-state index contributed by atoms with van der Waals surface area (Å²) < 4.78 is 0. The molecule has 0 radical (unpaired) electrons. The van der Waals surface area contributed by atoms with Gasteiger partial charge in [0, 0.05) is 45.6 Å². The van der Waals surface area contributed by atoms with Crippen molar-refractivity contribution < 1.29 is 9.59 Å². The van der Waals surface area contributed by atoms with E-state index in [1.54, 1.807) is 19.0 Å². The number of nitrogens with zero attached hydrogens (tertiary/aromatic N) is 2. The third-order valence-corrected chi connectivity index (χ3v) is 5.03. The zero-order chi connectivity index (χ0) is 18.4. The van der Waals surface area contributed by atoms with Gasteiger partial charge in [-0.3, -0.25) is 4.79 Å². The highest BCUT2D eigenvalue weighted by Crippen LogP contribution is 2.38. The molecule has 1 fully saturated rings. The lowest BCUT2D eigenvalue weighted by atomic mass is 9.84. The van der Waals surface area contributed by atoms with Crippen molar-refractivity contribution in [3.8, 4) is 0 Å². The van der Waals surface area contributed by atoms with Crippen LogP contribution in [0.1, 0.15) is 32.6 Å². The molecule has 0 spiro atoms. The number of amides is 3. The standard InChI is InChI=1S/C19H30N4O2/c1-5-23(4)16-10-8-9-15(13-16)21-18(25)20-14-19(11-6-7-12-19)17(24)22(2)3/h8-10,13H,5-7,11-12,14H2,1-4H3,(H2,20,21,25). The van der Waals surface area contributed by atoms with E-state index in [1.807, 2.05) is 31.3 Å². The van der Waals surface area contributed by atoms with Crippen molar-refractivity contribution in [2.45, 2.75) is 32.6 Å². The molecule has 0 bridgehead atoms. The zero-order valence-corrected chi connectivity index (χ0v) is 15.8. The SMILES string of the molecule is CCN(C)c1cccc(NC(=O)NCC2(C(=O)N(C)C)CCCC2)c1. The van der Waals surface area contributed by atoms with Crippen molar-refractivity contribution in [1.29, 1.82) is 0 Å². The molecular weight excluding hydrogens is 316 g/mol. The molecule has 138 valence electrons. The number of rotatable bonds is 6. The van der Waals surface area contributed by atoms with Crippen LogP contribution in [0.5, 0.6) is 0 Å². The van der Waals surface area contributed by atoms with Crippen molar-refractivity contribution >= 4 is 23.3 Å². The first-order valence-electron chi connectivity index (χ1n) is 8.96. The van der Waals surface area contributed by atoms with Crippen molar-refractivity contribution in [3.05, 3.63) is 24.3 Å². The quantitative estimate of drug-likeness (QED) is 0.832. The fourth-order valence-electron chi connectivity index (χ4n) is 3.42. The monoisotopic (exact) mass is 346 g/mol. The maximum Gasteiger partial charge on any atom is 0.319 e. The highest BCUT2D eigenvalue weighted by molar-refractivity contribution is 5.90. The Morgan fingerprint density at radius 3 is 2.44 bits per heavy atom. The van der Waals surface area contributed by atoms with Gasteiger partial charge in [-0.25, -0.2) is 4.79 Å². The Labute approximate surface area is 150 Å². The highest BCUT2D eigenvalue weighted by atomic mass is 16.2. The number of nitrogens with one attached hydrogen (secondary N) is 2. The van der Waals surface area contributed by atoms with Gasteiger partial charge in [-0.2, -0.15) is 0 Å². The number of benzene rings is 1. The molecule has 1 aromatic carbocycles. The Hall–Kier alpha value is -2.24. The van der Waals surface area contributed by atoms with Gasteiger partial charge in [-0.05, 0) is 38.0 Å². The molecule has 1 saturated carbocycles. The largest absolute Gasteiger partial charge is 0.375 e. The normalized spacial score (nSPS) is 15.5. The smallest absolute Gasteiger partial charge is 0.319 e. The molecule has 0 heterocycles. The van der Waals surface area contributed by atoms with E-state index < -0.39 is 5.41 Å². The van der Waals surface area contributed by atoms with E-state index in [4.69, 9.17) is 0 Å². The average molecular weight is 346 g/mol. The van der Waals surface area contributed by atoms with Crippen molar-refractivity contribution in [2.24, 2.45) is 5.41 Å². The Balaban J connectivity index is 1.97. The van der Waals surface area contributed by atoms with Gasteiger partial charge in [-0.1, -0.05) is 18.9 Å². The molecule has 6 nitrogen and oxygen atoms in total. The van der Waals surface area contributed by atoms with Gasteiger partial charge in [0.1, 0.15) is 0 Å². The minimum absolute atomic E-state index is 0.108. The molecule has 6 heteroatoms. The van der Waals surface area contributed by atoms with E-state index >= 15 is 0 Å². The second-order valence-electron chi connectivity index (χ2n) is 7.06. The lowest BCUT2D eigenvalue weighted by molar-refractivity contribution is -0.138. The van der Waals surface area contributed by atoms with Gasteiger partial charge < -0.3 is 20.4 Å². The Kier molecular flexibility index (Phi) is 6.28. The summed E-state index contributed by atoms with van der Waals surface area (Å²) in [5, 5.41) is 5.77. The lowest BCUT2D eigenvalue weighted by Crippen LogP contribution is -2.47. The molecule has 1 aliphatic rings. The van der Waals surface area contributed by atoms with Gasteiger partial charge >= 0.3 is 6.03 Å². The van der Waals surface area contributed by atoms with Crippen LogP contribution in [0.4, 0.5) is 16.2 Å². The fourth-order valence-corrected chi connectivity index (χ4v) is 3.42. The van der Waals surface area contributed by atoms with Crippen LogP contribution in [0, 0.1) is 5.41 Å². The molecular formula is C19H30N4O2. The number of hydrogen-bond donors (Lipinski definition) is 2. The first-order valence-corrected chi connectivity index (χ1v) is 8.96. The van der Waals surface area contributed by atoms with Crippen LogP contribution in [0.3, 0.4) is 0 Å². The summed E-state index contributed by atoms with van der Waals surface area (Å²) in [4.78, 5) is 28.6. The number of carbonyl (C=O) groups excluding carboxylic acids is 2. The summed E-state index contributed by atoms with van der Waals surface area (Å²) in [7, 11) is 5.56. The number of anilines is 2. The zero-order valence-electron chi connectivity index (χ0n) is 15.8. The predicted octanol–water partition coefficient (Wildman–Crippen LogP) is 2.91. The summed E-state index contributed by atoms with van der Waals surface area (Å²) >= 11 is 0. The van der Waals surface area contributed by atoms with E-state index in [1.165, 1.54) is 0 Å². The number of hydrogen-bond acceptors (Lipinski definition) is 3. The molecule has 0 saturated heterocycles. The third kappa shape index (κ3) is 4.65. The molecule has 25 heavy (non-hydrogen) atoms. The average Bonchev–Trinajstić information content (AvgIpc) is 3.09. The third-order valence-electron chi connectivity index (χ3n) is 5.03. The number of carbonyl (C=O) groups is 2. The summed E-state index contributed by atoms with van der Waals surface area (Å²) in [6.07, 6.45) is 3.74. The summed E-state index contributed by atoms with van der Waals surface area (Å²) in [5.41, 5.74) is 1.34. The van der Waals surface area contributed by atoms with Crippen molar-refractivity contribution in [3.63, 3.8) is 0 Å². The van der Waals surface area contributed by atoms with E-state index in [0.29, 0.717) is 6.54 Å². The van der Waals surface area contributed by atoms with Crippen LogP contribution in [-0.4, -0.2) is 51.1 Å². The van der Waals surface area contributed by atoms with Crippen LogP contribution >= 0.6 is 0 Å². The van der Waals surface area contributed by atoms with Gasteiger partial charge in [-0.15, -0.1) is 0 Å². The first-order chi connectivity index (χ1) is 11.9.